The first-order chi connectivity index (χ1) is 9.11. The van der Waals surface area contributed by atoms with E-state index >= 15 is 0 Å². The molecule has 2 rings (SSSR count). The number of phenolic OH excluding ortho intramolecular Hbond substituents is 2. The molecule has 19 heavy (non-hydrogen) atoms. The van der Waals surface area contributed by atoms with Gasteiger partial charge in [-0.2, -0.15) is 0 Å². The largest absolute Gasteiger partial charge is 0.508 e. The summed E-state index contributed by atoms with van der Waals surface area (Å²) in [6.45, 7) is 0. The molecule has 4 heteroatoms. The van der Waals surface area contributed by atoms with Gasteiger partial charge in [-0.15, -0.1) is 0 Å². The highest BCUT2D eigenvalue weighted by molar-refractivity contribution is 5.87. The number of rotatable bonds is 3. The number of likely N-dealkylation sites (N-methyl/N-ethyl adjacent to an activating group) is 1. The summed E-state index contributed by atoms with van der Waals surface area (Å²) >= 11 is 0. The van der Waals surface area contributed by atoms with E-state index in [-0.39, 0.29) is 17.4 Å². The van der Waals surface area contributed by atoms with Crippen LogP contribution in [0.3, 0.4) is 0 Å². The zero-order valence-electron chi connectivity index (χ0n) is 10.5. The fourth-order valence-corrected chi connectivity index (χ4v) is 1.97. The maximum Gasteiger partial charge on any atom is 0.231 e. The molecule has 0 aliphatic rings. The number of carbonyl (C=O) groups is 1. The lowest BCUT2D eigenvalue weighted by molar-refractivity contribution is -0.121. The number of hydrogen-bond acceptors (Lipinski definition) is 3. The third-order valence-electron chi connectivity index (χ3n) is 2.96. The highest BCUT2D eigenvalue weighted by atomic mass is 16.3. The van der Waals surface area contributed by atoms with E-state index in [4.69, 9.17) is 0 Å². The molecule has 0 aliphatic heterocycles. The van der Waals surface area contributed by atoms with Crippen LogP contribution in [0.2, 0.25) is 0 Å². The molecule has 98 valence electrons. The van der Waals surface area contributed by atoms with Crippen molar-refractivity contribution < 1.29 is 15.0 Å². The summed E-state index contributed by atoms with van der Waals surface area (Å²) in [6.07, 6.45) is 0. The molecule has 0 radical (unpaired) electrons. The predicted molar refractivity (Wildman–Crippen MR) is 72.1 cm³/mol. The van der Waals surface area contributed by atoms with Crippen LogP contribution in [0.25, 0.3) is 0 Å². The number of aromatic hydroxyl groups is 2. The molecule has 0 aliphatic carbocycles. The van der Waals surface area contributed by atoms with Crippen LogP contribution in [0.4, 0.5) is 0 Å². The van der Waals surface area contributed by atoms with Crippen LogP contribution < -0.4 is 5.32 Å². The first-order valence-corrected chi connectivity index (χ1v) is 5.91. The lowest BCUT2D eigenvalue weighted by Crippen LogP contribution is -2.26. The van der Waals surface area contributed by atoms with Gasteiger partial charge in [0.1, 0.15) is 11.5 Å². The Balaban J connectivity index is 2.44. The molecule has 2 aromatic rings. The van der Waals surface area contributed by atoms with Gasteiger partial charge in [0, 0.05) is 7.05 Å². The van der Waals surface area contributed by atoms with Crippen LogP contribution >= 0.6 is 0 Å². The number of amides is 1. The maximum absolute atomic E-state index is 12.0. The van der Waals surface area contributed by atoms with Gasteiger partial charge in [-0.25, -0.2) is 0 Å². The van der Waals surface area contributed by atoms with Gasteiger partial charge in [0.05, 0.1) is 5.92 Å². The second kappa shape index (κ2) is 5.44. The molecule has 0 saturated heterocycles. The molecule has 0 saturated carbocycles. The van der Waals surface area contributed by atoms with E-state index in [1.54, 1.807) is 55.6 Å². The van der Waals surface area contributed by atoms with Crippen LogP contribution in [0.15, 0.2) is 48.5 Å². The molecular weight excluding hydrogens is 242 g/mol. The zero-order valence-corrected chi connectivity index (χ0v) is 10.5. The Bertz CT molecular complexity index is 515. The van der Waals surface area contributed by atoms with Gasteiger partial charge in [0.25, 0.3) is 0 Å². The highest BCUT2D eigenvalue weighted by Crippen LogP contribution is 2.27. The van der Waals surface area contributed by atoms with Crippen LogP contribution in [-0.4, -0.2) is 23.2 Å². The van der Waals surface area contributed by atoms with Crippen LogP contribution in [0.1, 0.15) is 17.0 Å². The molecule has 0 spiro atoms. The molecule has 0 bridgehead atoms. The smallest absolute Gasteiger partial charge is 0.231 e. The molecule has 0 fully saturated rings. The quantitative estimate of drug-likeness (QED) is 0.787. The number of benzene rings is 2. The van der Waals surface area contributed by atoms with E-state index in [1.165, 1.54) is 0 Å². The van der Waals surface area contributed by atoms with Crippen molar-refractivity contribution in [1.29, 1.82) is 0 Å². The van der Waals surface area contributed by atoms with Gasteiger partial charge >= 0.3 is 0 Å². The van der Waals surface area contributed by atoms with Gasteiger partial charge in [0.15, 0.2) is 0 Å². The highest BCUT2D eigenvalue weighted by Gasteiger charge is 2.21. The van der Waals surface area contributed by atoms with Crippen LogP contribution in [0, 0.1) is 0 Å². The van der Waals surface area contributed by atoms with Gasteiger partial charge in [-0.1, -0.05) is 24.3 Å². The molecule has 0 heterocycles. The molecule has 2 aromatic carbocycles. The Morgan fingerprint density at radius 1 is 0.895 bits per heavy atom. The monoisotopic (exact) mass is 257 g/mol. The summed E-state index contributed by atoms with van der Waals surface area (Å²) in [7, 11) is 1.58. The second-order valence-corrected chi connectivity index (χ2v) is 4.23. The molecule has 0 unspecified atom stereocenters. The van der Waals surface area contributed by atoms with Crippen molar-refractivity contribution in [1.82, 2.24) is 5.32 Å². The third kappa shape index (κ3) is 2.85. The van der Waals surface area contributed by atoms with E-state index in [2.05, 4.69) is 5.32 Å². The minimum absolute atomic E-state index is 0.142. The number of carbonyl (C=O) groups excluding carboxylic acids is 1. The molecule has 3 N–H and O–H groups in total. The zero-order chi connectivity index (χ0) is 13.8. The van der Waals surface area contributed by atoms with E-state index in [0.717, 1.165) is 11.1 Å². The minimum atomic E-state index is -0.466. The fraction of sp³-hybridized carbons (Fsp3) is 0.133. The topological polar surface area (TPSA) is 69.6 Å². The van der Waals surface area contributed by atoms with Gasteiger partial charge < -0.3 is 15.5 Å². The summed E-state index contributed by atoms with van der Waals surface area (Å²) in [4.78, 5) is 12.0. The summed E-state index contributed by atoms with van der Waals surface area (Å²) in [6, 6.07) is 13.0. The summed E-state index contributed by atoms with van der Waals surface area (Å²) in [5.41, 5.74) is 1.56. The summed E-state index contributed by atoms with van der Waals surface area (Å²) in [5.74, 6) is -0.294. The predicted octanol–water partition coefficient (Wildman–Crippen LogP) is 1.98. The second-order valence-electron chi connectivity index (χ2n) is 4.23. The van der Waals surface area contributed by atoms with Gasteiger partial charge in [-0.05, 0) is 35.4 Å². The number of hydrogen-bond donors (Lipinski definition) is 3. The average Bonchev–Trinajstić information content (AvgIpc) is 2.43. The minimum Gasteiger partial charge on any atom is -0.508 e. The van der Waals surface area contributed by atoms with Crippen LogP contribution in [-0.2, 0) is 4.79 Å². The summed E-state index contributed by atoms with van der Waals surface area (Å²) < 4.78 is 0. The van der Waals surface area contributed by atoms with Crippen molar-refractivity contribution >= 4 is 5.91 Å². The maximum atomic E-state index is 12.0. The third-order valence-corrected chi connectivity index (χ3v) is 2.96. The summed E-state index contributed by atoms with van der Waals surface area (Å²) in [5, 5.41) is 21.2. The standard InChI is InChI=1S/C15H15NO3/c1-16-15(19)14(10-2-6-12(17)7-3-10)11-4-8-13(18)9-5-11/h2-9,14,17-18H,1H3,(H,16,19). The lowest BCUT2D eigenvalue weighted by atomic mass is 9.90. The number of phenols is 2. The SMILES string of the molecule is CNC(=O)C(c1ccc(O)cc1)c1ccc(O)cc1. The van der Waals surface area contributed by atoms with Crippen molar-refractivity contribution in [2.24, 2.45) is 0 Å². The van der Waals surface area contributed by atoms with E-state index in [9.17, 15) is 15.0 Å². The van der Waals surface area contributed by atoms with Crippen LogP contribution in [0.5, 0.6) is 11.5 Å². The Morgan fingerprint density at radius 3 is 1.58 bits per heavy atom. The van der Waals surface area contributed by atoms with Gasteiger partial charge in [0.2, 0.25) is 5.91 Å². The fourth-order valence-electron chi connectivity index (χ4n) is 1.97. The number of nitrogens with one attached hydrogen (secondary N) is 1. The first-order valence-electron chi connectivity index (χ1n) is 5.91. The van der Waals surface area contributed by atoms with Crippen molar-refractivity contribution in [2.75, 3.05) is 7.05 Å². The van der Waals surface area contributed by atoms with E-state index in [1.807, 2.05) is 0 Å². The average molecular weight is 257 g/mol. The Hall–Kier alpha value is -2.49. The Labute approximate surface area is 111 Å². The van der Waals surface area contributed by atoms with Crippen molar-refractivity contribution in [3.05, 3.63) is 59.7 Å². The van der Waals surface area contributed by atoms with E-state index < -0.39 is 5.92 Å². The molecule has 0 atom stereocenters. The van der Waals surface area contributed by atoms with E-state index in [0.29, 0.717) is 0 Å². The Kier molecular flexibility index (Phi) is 3.71. The van der Waals surface area contributed by atoms with Crippen molar-refractivity contribution in [3.8, 4) is 11.5 Å². The molecule has 0 aromatic heterocycles. The first kappa shape index (κ1) is 13.0. The lowest BCUT2D eigenvalue weighted by Gasteiger charge is -2.16. The molecular formula is C15H15NO3. The van der Waals surface area contributed by atoms with Crippen molar-refractivity contribution in [3.63, 3.8) is 0 Å². The molecule has 1 amide bonds. The normalized spacial score (nSPS) is 10.4. The Morgan fingerprint density at radius 2 is 1.26 bits per heavy atom. The van der Waals surface area contributed by atoms with Gasteiger partial charge in [-0.3, -0.25) is 4.79 Å². The van der Waals surface area contributed by atoms with Crippen molar-refractivity contribution in [2.45, 2.75) is 5.92 Å². The molecule has 4 nitrogen and oxygen atoms in total.